The third kappa shape index (κ3) is 5.44. The molecule has 0 unspecified atom stereocenters. The van der Waals surface area contributed by atoms with E-state index in [0.717, 1.165) is 21.2 Å². The highest BCUT2D eigenvalue weighted by Gasteiger charge is 2.04. The van der Waals surface area contributed by atoms with Crippen molar-refractivity contribution in [2.45, 2.75) is 13.2 Å². The summed E-state index contributed by atoms with van der Waals surface area (Å²) in [6.07, 6.45) is 1.61. The summed E-state index contributed by atoms with van der Waals surface area (Å²) in [6, 6.07) is 25.1. The first-order chi connectivity index (χ1) is 13.3. The van der Waals surface area contributed by atoms with Gasteiger partial charge in [0.2, 0.25) is 0 Å². The lowest BCUT2D eigenvalue weighted by Gasteiger charge is -2.09. The smallest absolute Gasteiger partial charge is 0.143 e. The standard InChI is InChI=1S/C22H17BrN2O2/c23-21-10-11-22(26-15-17-6-2-1-3-7-17)20(12-21)14-25-27-16-19-9-5-4-8-18(19)13-24/h1-12,14H,15-16H2/b25-14-. The molecule has 0 amide bonds. The van der Waals surface area contributed by atoms with Gasteiger partial charge in [-0.3, -0.25) is 0 Å². The summed E-state index contributed by atoms with van der Waals surface area (Å²) in [5.74, 6) is 0.715. The molecule has 4 nitrogen and oxygen atoms in total. The van der Waals surface area contributed by atoms with Gasteiger partial charge in [-0.2, -0.15) is 5.26 Å². The summed E-state index contributed by atoms with van der Waals surface area (Å²) < 4.78 is 6.84. The Kier molecular flexibility index (Phi) is 6.61. The molecule has 0 radical (unpaired) electrons. The zero-order valence-corrected chi connectivity index (χ0v) is 16.1. The third-order valence-electron chi connectivity index (χ3n) is 3.83. The molecule has 0 fully saturated rings. The monoisotopic (exact) mass is 420 g/mol. The molecular weight excluding hydrogens is 404 g/mol. The zero-order valence-electron chi connectivity index (χ0n) is 14.5. The molecule has 27 heavy (non-hydrogen) atoms. The van der Waals surface area contributed by atoms with Crippen molar-refractivity contribution in [3.8, 4) is 11.8 Å². The number of hydrogen-bond donors (Lipinski definition) is 0. The van der Waals surface area contributed by atoms with Crippen LogP contribution in [-0.2, 0) is 18.1 Å². The van der Waals surface area contributed by atoms with E-state index >= 15 is 0 Å². The minimum absolute atomic E-state index is 0.231. The second-order valence-electron chi connectivity index (χ2n) is 5.73. The van der Waals surface area contributed by atoms with Crippen LogP contribution in [0.5, 0.6) is 5.75 Å². The molecule has 0 spiro atoms. The Morgan fingerprint density at radius 1 is 0.963 bits per heavy atom. The van der Waals surface area contributed by atoms with E-state index in [1.165, 1.54) is 0 Å². The minimum atomic E-state index is 0.231. The maximum Gasteiger partial charge on any atom is 0.143 e. The van der Waals surface area contributed by atoms with Crippen molar-refractivity contribution >= 4 is 22.1 Å². The Balaban J connectivity index is 1.65. The van der Waals surface area contributed by atoms with Crippen LogP contribution in [0, 0.1) is 11.3 Å². The average molecular weight is 421 g/mol. The number of nitriles is 1. The van der Waals surface area contributed by atoms with Crippen molar-refractivity contribution in [2.75, 3.05) is 0 Å². The van der Waals surface area contributed by atoms with Crippen LogP contribution < -0.4 is 4.74 Å². The van der Waals surface area contributed by atoms with Gasteiger partial charge in [-0.25, -0.2) is 0 Å². The maximum absolute atomic E-state index is 9.11. The second-order valence-corrected chi connectivity index (χ2v) is 6.65. The fourth-order valence-corrected chi connectivity index (χ4v) is 2.82. The van der Waals surface area contributed by atoms with E-state index in [1.807, 2.05) is 66.7 Å². The molecule has 0 aliphatic carbocycles. The Morgan fingerprint density at radius 3 is 2.56 bits per heavy atom. The molecule has 0 saturated carbocycles. The van der Waals surface area contributed by atoms with Crippen molar-refractivity contribution in [1.29, 1.82) is 5.26 Å². The molecule has 0 bridgehead atoms. The Labute approximate surface area is 166 Å². The van der Waals surface area contributed by atoms with Gasteiger partial charge >= 0.3 is 0 Å². The van der Waals surface area contributed by atoms with Crippen molar-refractivity contribution in [2.24, 2.45) is 5.16 Å². The molecular formula is C22H17BrN2O2. The van der Waals surface area contributed by atoms with Crippen LogP contribution in [0.3, 0.4) is 0 Å². The van der Waals surface area contributed by atoms with Crippen LogP contribution in [0.4, 0.5) is 0 Å². The summed E-state index contributed by atoms with van der Waals surface area (Å²) in [5, 5.41) is 13.1. The summed E-state index contributed by atoms with van der Waals surface area (Å²) >= 11 is 3.46. The molecule has 0 aliphatic rings. The van der Waals surface area contributed by atoms with Gasteiger partial charge in [0.1, 0.15) is 19.0 Å². The predicted octanol–water partition coefficient (Wildman–Crippen LogP) is 5.45. The molecule has 134 valence electrons. The van der Waals surface area contributed by atoms with Crippen LogP contribution in [0.25, 0.3) is 0 Å². The normalized spacial score (nSPS) is 10.5. The quantitative estimate of drug-likeness (QED) is 0.377. The lowest BCUT2D eigenvalue weighted by atomic mass is 10.1. The largest absolute Gasteiger partial charge is 0.488 e. The minimum Gasteiger partial charge on any atom is -0.488 e. The van der Waals surface area contributed by atoms with Gasteiger partial charge in [-0.05, 0) is 29.8 Å². The maximum atomic E-state index is 9.11. The Hall–Kier alpha value is -3.10. The van der Waals surface area contributed by atoms with Gasteiger partial charge in [-0.15, -0.1) is 0 Å². The highest BCUT2D eigenvalue weighted by Crippen LogP contribution is 2.23. The molecule has 0 aromatic heterocycles. The highest BCUT2D eigenvalue weighted by atomic mass is 79.9. The van der Waals surface area contributed by atoms with Crippen molar-refractivity contribution in [3.05, 3.63) is 99.5 Å². The van der Waals surface area contributed by atoms with Gasteiger partial charge in [0, 0.05) is 15.6 Å². The first kappa shape index (κ1) is 18.7. The fourth-order valence-electron chi connectivity index (χ4n) is 2.44. The third-order valence-corrected chi connectivity index (χ3v) is 4.33. The number of nitrogens with zero attached hydrogens (tertiary/aromatic N) is 2. The van der Waals surface area contributed by atoms with E-state index in [4.69, 9.17) is 14.8 Å². The van der Waals surface area contributed by atoms with E-state index in [9.17, 15) is 0 Å². The molecule has 3 rings (SSSR count). The molecule has 5 heteroatoms. The first-order valence-electron chi connectivity index (χ1n) is 8.36. The van der Waals surface area contributed by atoms with Gasteiger partial charge < -0.3 is 9.57 Å². The second kappa shape index (κ2) is 9.56. The van der Waals surface area contributed by atoms with Gasteiger partial charge in [0.15, 0.2) is 0 Å². The molecule has 0 atom stereocenters. The molecule has 0 saturated heterocycles. The van der Waals surface area contributed by atoms with Crippen LogP contribution in [0.1, 0.15) is 22.3 Å². The van der Waals surface area contributed by atoms with Gasteiger partial charge in [0.05, 0.1) is 17.8 Å². The Morgan fingerprint density at radius 2 is 1.74 bits per heavy atom. The molecule has 0 N–H and O–H groups in total. The summed E-state index contributed by atoms with van der Waals surface area (Å²) in [5.41, 5.74) is 3.27. The lowest BCUT2D eigenvalue weighted by Crippen LogP contribution is -1.99. The number of oxime groups is 1. The fraction of sp³-hybridized carbons (Fsp3) is 0.0909. The highest BCUT2D eigenvalue weighted by molar-refractivity contribution is 9.10. The summed E-state index contributed by atoms with van der Waals surface area (Å²) in [7, 11) is 0. The number of halogens is 1. The Bertz CT molecular complexity index is 966. The number of ether oxygens (including phenoxy) is 1. The average Bonchev–Trinajstić information content (AvgIpc) is 2.71. The number of benzene rings is 3. The van der Waals surface area contributed by atoms with Crippen LogP contribution in [0.2, 0.25) is 0 Å². The van der Waals surface area contributed by atoms with E-state index in [2.05, 4.69) is 27.2 Å². The summed E-state index contributed by atoms with van der Waals surface area (Å²) in [4.78, 5) is 5.37. The van der Waals surface area contributed by atoms with Crippen molar-refractivity contribution in [3.63, 3.8) is 0 Å². The van der Waals surface area contributed by atoms with Crippen molar-refractivity contribution in [1.82, 2.24) is 0 Å². The zero-order chi connectivity index (χ0) is 18.9. The van der Waals surface area contributed by atoms with Crippen molar-refractivity contribution < 1.29 is 9.57 Å². The van der Waals surface area contributed by atoms with E-state index in [-0.39, 0.29) is 6.61 Å². The molecule has 3 aromatic carbocycles. The topological polar surface area (TPSA) is 54.6 Å². The van der Waals surface area contributed by atoms with Crippen LogP contribution in [-0.4, -0.2) is 6.21 Å². The SMILES string of the molecule is N#Cc1ccccc1CO/N=C\c1cc(Br)ccc1OCc1ccccc1. The van der Waals surface area contributed by atoms with Crippen LogP contribution >= 0.6 is 15.9 Å². The van der Waals surface area contributed by atoms with E-state index < -0.39 is 0 Å². The lowest BCUT2D eigenvalue weighted by molar-refractivity contribution is 0.132. The molecule has 0 heterocycles. The molecule has 3 aromatic rings. The molecule has 0 aliphatic heterocycles. The first-order valence-corrected chi connectivity index (χ1v) is 9.15. The van der Waals surface area contributed by atoms with Gasteiger partial charge in [0.25, 0.3) is 0 Å². The predicted molar refractivity (Wildman–Crippen MR) is 108 cm³/mol. The van der Waals surface area contributed by atoms with Crippen LogP contribution in [0.15, 0.2) is 82.4 Å². The number of hydrogen-bond acceptors (Lipinski definition) is 4. The number of rotatable bonds is 7. The van der Waals surface area contributed by atoms with E-state index in [0.29, 0.717) is 17.9 Å². The summed E-state index contributed by atoms with van der Waals surface area (Å²) in [6.45, 7) is 0.703. The van der Waals surface area contributed by atoms with E-state index in [1.54, 1.807) is 12.3 Å². The van der Waals surface area contributed by atoms with Gasteiger partial charge in [-0.1, -0.05) is 69.6 Å².